The van der Waals surface area contributed by atoms with Gasteiger partial charge in [0.25, 0.3) is 5.56 Å². The minimum Gasteiger partial charge on any atom is -0.385 e. The molecule has 94 valence electrons. The molecule has 0 bridgehead atoms. The van der Waals surface area contributed by atoms with E-state index in [0.717, 1.165) is 23.5 Å². The highest BCUT2D eigenvalue weighted by Crippen LogP contribution is 2.08. The Morgan fingerprint density at radius 3 is 3.00 bits per heavy atom. The molecule has 0 radical (unpaired) electrons. The monoisotopic (exact) mass is 243 g/mol. The van der Waals surface area contributed by atoms with Crippen molar-refractivity contribution in [2.45, 2.75) is 20.4 Å². The van der Waals surface area contributed by atoms with Gasteiger partial charge in [-0.2, -0.15) is 0 Å². The van der Waals surface area contributed by atoms with Crippen molar-refractivity contribution < 1.29 is 0 Å². The maximum atomic E-state index is 11.9. The van der Waals surface area contributed by atoms with E-state index in [-0.39, 0.29) is 5.56 Å². The Balaban J connectivity index is 2.26. The maximum absolute atomic E-state index is 11.9. The molecular formula is C14H17N3O. The van der Waals surface area contributed by atoms with Gasteiger partial charge >= 0.3 is 0 Å². The third-order valence-electron chi connectivity index (χ3n) is 2.74. The van der Waals surface area contributed by atoms with Crippen LogP contribution in [0.4, 0.5) is 5.69 Å². The van der Waals surface area contributed by atoms with E-state index in [4.69, 9.17) is 0 Å². The standard InChI is InChI=1S/C14H17N3O/c1-3-15-12-6-7-16-13(9-12)10-17-8-4-5-11(2)14(17)18/h4-9H,3,10H2,1-2H3,(H,15,16). The third kappa shape index (κ3) is 2.77. The van der Waals surface area contributed by atoms with Crippen LogP contribution in [0.25, 0.3) is 0 Å². The van der Waals surface area contributed by atoms with Crippen molar-refractivity contribution in [2.24, 2.45) is 0 Å². The van der Waals surface area contributed by atoms with E-state index in [1.165, 1.54) is 0 Å². The fraction of sp³-hybridized carbons (Fsp3) is 0.286. The summed E-state index contributed by atoms with van der Waals surface area (Å²) < 4.78 is 1.67. The van der Waals surface area contributed by atoms with Crippen molar-refractivity contribution in [3.63, 3.8) is 0 Å². The van der Waals surface area contributed by atoms with Gasteiger partial charge in [-0.05, 0) is 32.0 Å². The van der Waals surface area contributed by atoms with Crippen molar-refractivity contribution in [1.82, 2.24) is 9.55 Å². The Labute approximate surface area is 106 Å². The average molecular weight is 243 g/mol. The van der Waals surface area contributed by atoms with E-state index in [2.05, 4.69) is 10.3 Å². The first kappa shape index (κ1) is 12.4. The summed E-state index contributed by atoms with van der Waals surface area (Å²) in [5, 5.41) is 3.23. The quantitative estimate of drug-likeness (QED) is 0.893. The molecule has 0 aliphatic heterocycles. The maximum Gasteiger partial charge on any atom is 0.253 e. The molecule has 0 saturated carbocycles. The van der Waals surface area contributed by atoms with Crippen LogP contribution in [0.5, 0.6) is 0 Å². The number of pyridine rings is 2. The van der Waals surface area contributed by atoms with Crippen LogP contribution in [0, 0.1) is 6.92 Å². The predicted octanol–water partition coefficient (Wildman–Crippen LogP) is 2.03. The number of hydrogen-bond donors (Lipinski definition) is 1. The number of hydrogen-bond acceptors (Lipinski definition) is 3. The van der Waals surface area contributed by atoms with E-state index in [1.807, 2.05) is 38.1 Å². The summed E-state index contributed by atoms with van der Waals surface area (Å²) in [6.07, 6.45) is 3.55. The number of nitrogens with one attached hydrogen (secondary N) is 1. The zero-order valence-corrected chi connectivity index (χ0v) is 10.7. The lowest BCUT2D eigenvalue weighted by Gasteiger charge is -2.08. The first-order chi connectivity index (χ1) is 8.70. The van der Waals surface area contributed by atoms with Gasteiger partial charge < -0.3 is 9.88 Å². The minimum atomic E-state index is 0.0353. The fourth-order valence-corrected chi connectivity index (χ4v) is 1.83. The van der Waals surface area contributed by atoms with Crippen molar-refractivity contribution in [1.29, 1.82) is 0 Å². The lowest BCUT2D eigenvalue weighted by atomic mass is 10.3. The molecule has 2 aromatic heterocycles. The lowest BCUT2D eigenvalue weighted by Crippen LogP contribution is -2.22. The molecule has 4 heteroatoms. The number of anilines is 1. The van der Waals surface area contributed by atoms with Crippen molar-refractivity contribution in [3.8, 4) is 0 Å². The van der Waals surface area contributed by atoms with Gasteiger partial charge in [-0.15, -0.1) is 0 Å². The van der Waals surface area contributed by atoms with Crippen molar-refractivity contribution in [2.75, 3.05) is 11.9 Å². The second-order valence-corrected chi connectivity index (χ2v) is 4.19. The molecule has 2 rings (SSSR count). The van der Waals surface area contributed by atoms with Crippen LogP contribution in [-0.4, -0.2) is 16.1 Å². The summed E-state index contributed by atoms with van der Waals surface area (Å²) in [4.78, 5) is 16.2. The largest absolute Gasteiger partial charge is 0.385 e. The molecule has 0 saturated heterocycles. The van der Waals surface area contributed by atoms with E-state index in [0.29, 0.717) is 6.54 Å². The first-order valence-corrected chi connectivity index (χ1v) is 6.05. The van der Waals surface area contributed by atoms with E-state index in [1.54, 1.807) is 17.0 Å². The highest BCUT2D eigenvalue weighted by atomic mass is 16.1. The molecule has 0 aliphatic rings. The topological polar surface area (TPSA) is 46.9 Å². The van der Waals surface area contributed by atoms with Crippen LogP contribution in [0.2, 0.25) is 0 Å². The van der Waals surface area contributed by atoms with Crippen LogP contribution in [0.3, 0.4) is 0 Å². The van der Waals surface area contributed by atoms with Gasteiger partial charge in [-0.3, -0.25) is 9.78 Å². The van der Waals surface area contributed by atoms with E-state index in [9.17, 15) is 4.79 Å². The zero-order valence-electron chi connectivity index (χ0n) is 10.7. The van der Waals surface area contributed by atoms with E-state index >= 15 is 0 Å². The Kier molecular flexibility index (Phi) is 3.77. The Morgan fingerprint density at radius 2 is 2.22 bits per heavy atom. The summed E-state index contributed by atoms with van der Waals surface area (Å²) in [5.41, 5.74) is 2.69. The summed E-state index contributed by atoms with van der Waals surface area (Å²) in [7, 11) is 0. The number of rotatable bonds is 4. The van der Waals surface area contributed by atoms with Gasteiger partial charge in [0.05, 0.1) is 12.2 Å². The number of aromatic nitrogens is 2. The molecule has 0 spiro atoms. The summed E-state index contributed by atoms with van der Waals surface area (Å²) >= 11 is 0. The summed E-state index contributed by atoms with van der Waals surface area (Å²) in [5.74, 6) is 0. The number of nitrogens with zero attached hydrogens (tertiary/aromatic N) is 2. The minimum absolute atomic E-state index is 0.0353. The lowest BCUT2D eigenvalue weighted by molar-refractivity contribution is 0.733. The van der Waals surface area contributed by atoms with Crippen LogP contribution in [0.1, 0.15) is 18.2 Å². The van der Waals surface area contributed by atoms with Crippen LogP contribution in [-0.2, 0) is 6.54 Å². The van der Waals surface area contributed by atoms with Gasteiger partial charge in [0.1, 0.15) is 0 Å². The molecule has 0 fully saturated rings. The van der Waals surface area contributed by atoms with Crippen LogP contribution < -0.4 is 10.9 Å². The highest BCUT2D eigenvalue weighted by molar-refractivity contribution is 5.43. The third-order valence-corrected chi connectivity index (χ3v) is 2.74. The Hall–Kier alpha value is -2.10. The smallest absolute Gasteiger partial charge is 0.253 e. The van der Waals surface area contributed by atoms with Crippen LogP contribution in [0.15, 0.2) is 41.5 Å². The molecule has 4 nitrogen and oxygen atoms in total. The zero-order chi connectivity index (χ0) is 13.0. The Bertz CT molecular complexity index is 590. The van der Waals surface area contributed by atoms with Gasteiger partial charge in [0, 0.05) is 30.2 Å². The fourth-order valence-electron chi connectivity index (χ4n) is 1.83. The van der Waals surface area contributed by atoms with Gasteiger partial charge in [0.2, 0.25) is 0 Å². The molecule has 18 heavy (non-hydrogen) atoms. The SMILES string of the molecule is CCNc1ccnc(Cn2cccc(C)c2=O)c1. The molecule has 0 aliphatic carbocycles. The molecular weight excluding hydrogens is 226 g/mol. The normalized spacial score (nSPS) is 10.3. The predicted molar refractivity (Wildman–Crippen MR) is 72.9 cm³/mol. The molecule has 0 amide bonds. The highest BCUT2D eigenvalue weighted by Gasteiger charge is 2.02. The molecule has 2 heterocycles. The summed E-state index contributed by atoms with van der Waals surface area (Å²) in [6, 6.07) is 7.59. The average Bonchev–Trinajstić information content (AvgIpc) is 2.36. The number of aryl methyl sites for hydroxylation is 1. The van der Waals surface area contributed by atoms with Crippen molar-refractivity contribution >= 4 is 5.69 Å². The summed E-state index contributed by atoms with van der Waals surface area (Å²) in [6.45, 7) is 5.24. The van der Waals surface area contributed by atoms with Gasteiger partial charge in [0.15, 0.2) is 0 Å². The molecule has 2 aromatic rings. The molecule has 0 atom stereocenters. The van der Waals surface area contributed by atoms with Crippen molar-refractivity contribution in [3.05, 3.63) is 58.3 Å². The second kappa shape index (κ2) is 5.49. The first-order valence-electron chi connectivity index (χ1n) is 6.05. The molecule has 0 unspecified atom stereocenters. The van der Waals surface area contributed by atoms with E-state index < -0.39 is 0 Å². The molecule has 0 aromatic carbocycles. The van der Waals surface area contributed by atoms with Gasteiger partial charge in [-0.25, -0.2) is 0 Å². The second-order valence-electron chi connectivity index (χ2n) is 4.19. The molecule has 1 N–H and O–H groups in total. The Morgan fingerprint density at radius 1 is 1.39 bits per heavy atom. The van der Waals surface area contributed by atoms with Gasteiger partial charge in [-0.1, -0.05) is 6.07 Å². The van der Waals surface area contributed by atoms with Crippen LogP contribution >= 0.6 is 0 Å².